The number of nitrogens with one attached hydrogen (secondary N) is 1. The number of aromatic nitrogens is 2. The van der Waals surface area contributed by atoms with E-state index in [2.05, 4.69) is 10.2 Å². The lowest BCUT2D eigenvalue weighted by molar-refractivity contribution is 0.355. The number of hydrogen-bond acceptors (Lipinski definition) is 4. The van der Waals surface area contributed by atoms with Crippen LogP contribution in [0.2, 0.25) is 5.02 Å². The van der Waals surface area contributed by atoms with E-state index in [1.54, 1.807) is 20.3 Å². The molecule has 3 N–H and O–H groups in total. The normalized spacial score (nSPS) is 10.5. The van der Waals surface area contributed by atoms with Gasteiger partial charge < -0.3 is 15.2 Å². The summed E-state index contributed by atoms with van der Waals surface area (Å²) in [6.45, 7) is 2.03. The lowest BCUT2D eigenvalue weighted by Crippen LogP contribution is -1.97. The average Bonchev–Trinajstić information content (AvgIpc) is 2.84. The topological polar surface area (TPSA) is 73.2 Å². The summed E-state index contributed by atoms with van der Waals surface area (Å²) < 4.78 is 10.8. The van der Waals surface area contributed by atoms with Crippen molar-refractivity contribution in [2.24, 2.45) is 0 Å². The van der Waals surface area contributed by atoms with E-state index >= 15 is 0 Å². The molecule has 5 nitrogen and oxygen atoms in total. The van der Waals surface area contributed by atoms with Gasteiger partial charge in [0.05, 0.1) is 30.5 Å². The molecule has 0 radical (unpaired) electrons. The molecule has 0 amide bonds. The number of nitrogens with two attached hydrogens (primary N) is 1. The summed E-state index contributed by atoms with van der Waals surface area (Å²) in [5.74, 6) is 1.59. The highest BCUT2D eigenvalue weighted by Gasteiger charge is 2.20. The van der Waals surface area contributed by atoms with Gasteiger partial charge in [0.1, 0.15) is 5.82 Å². The number of hydrogen-bond donors (Lipinski definition) is 2. The lowest BCUT2D eigenvalue weighted by Gasteiger charge is -2.16. The van der Waals surface area contributed by atoms with Crippen LogP contribution in [0.4, 0.5) is 5.82 Å². The molecule has 2 rings (SSSR count). The summed E-state index contributed by atoms with van der Waals surface area (Å²) in [6.07, 6.45) is 0.788. The molecule has 0 saturated heterocycles. The molecule has 0 spiro atoms. The van der Waals surface area contributed by atoms with Crippen molar-refractivity contribution in [1.29, 1.82) is 0 Å². The Hall–Kier alpha value is -1.88. The van der Waals surface area contributed by atoms with Gasteiger partial charge in [0.2, 0.25) is 0 Å². The van der Waals surface area contributed by atoms with E-state index in [9.17, 15) is 0 Å². The van der Waals surface area contributed by atoms with Crippen molar-refractivity contribution in [3.63, 3.8) is 0 Å². The predicted molar refractivity (Wildman–Crippen MR) is 75.9 cm³/mol. The molecule has 6 heteroatoms. The summed E-state index contributed by atoms with van der Waals surface area (Å²) in [6, 6.07) is 3.59. The van der Waals surface area contributed by atoms with Crippen LogP contribution in [0.3, 0.4) is 0 Å². The number of benzene rings is 1. The first-order valence-electron chi connectivity index (χ1n) is 5.86. The Balaban J connectivity index is 2.75. The second kappa shape index (κ2) is 5.40. The van der Waals surface area contributed by atoms with Crippen molar-refractivity contribution in [3.8, 4) is 22.8 Å². The number of methoxy groups -OCH3 is 2. The number of H-pyrrole nitrogens is 1. The number of aryl methyl sites for hydroxylation is 1. The summed E-state index contributed by atoms with van der Waals surface area (Å²) in [7, 11) is 3.17. The van der Waals surface area contributed by atoms with Gasteiger partial charge in [0, 0.05) is 6.07 Å². The molecule has 1 aromatic heterocycles. The van der Waals surface area contributed by atoms with Gasteiger partial charge in [-0.05, 0) is 18.1 Å². The summed E-state index contributed by atoms with van der Waals surface area (Å²) >= 11 is 6.44. The number of rotatable bonds is 4. The second-order valence-electron chi connectivity index (χ2n) is 4.02. The number of nitrogens with zero attached hydrogens (tertiary/aromatic N) is 1. The molecular formula is C13H16ClN3O2. The fourth-order valence-corrected chi connectivity index (χ4v) is 2.36. The fraction of sp³-hybridized carbons (Fsp3) is 0.308. The Labute approximate surface area is 116 Å². The van der Waals surface area contributed by atoms with Gasteiger partial charge in [0.25, 0.3) is 0 Å². The zero-order valence-electron chi connectivity index (χ0n) is 11.1. The van der Waals surface area contributed by atoms with E-state index in [0.717, 1.165) is 12.0 Å². The van der Waals surface area contributed by atoms with Crippen LogP contribution in [0.5, 0.6) is 11.5 Å². The molecule has 102 valence electrons. The molecule has 1 heterocycles. The smallest absolute Gasteiger partial charge is 0.171 e. The molecule has 0 atom stereocenters. The van der Waals surface area contributed by atoms with Crippen molar-refractivity contribution < 1.29 is 9.47 Å². The van der Waals surface area contributed by atoms with Gasteiger partial charge >= 0.3 is 0 Å². The van der Waals surface area contributed by atoms with Gasteiger partial charge in [-0.2, -0.15) is 5.10 Å². The quantitative estimate of drug-likeness (QED) is 0.904. The van der Waals surface area contributed by atoms with Gasteiger partial charge in [-0.3, -0.25) is 5.10 Å². The van der Waals surface area contributed by atoms with E-state index in [4.69, 9.17) is 26.8 Å². The Bertz CT molecular complexity index is 596. The van der Waals surface area contributed by atoms with E-state index in [0.29, 0.717) is 33.6 Å². The van der Waals surface area contributed by atoms with Crippen molar-refractivity contribution in [2.45, 2.75) is 13.3 Å². The van der Waals surface area contributed by atoms with Crippen LogP contribution in [-0.2, 0) is 6.42 Å². The van der Waals surface area contributed by atoms with E-state index in [1.165, 1.54) is 0 Å². The standard InChI is InChI=1S/C13H16ClN3O2/c1-4-7-5-9(18-2)13(19-3)11(12(7)14)8-6-10(15)17-16-8/h5-6H,4H2,1-3H3,(H3,15,16,17). The first-order chi connectivity index (χ1) is 9.12. The third-order valence-electron chi connectivity index (χ3n) is 2.93. The molecule has 0 aliphatic rings. The molecule has 0 aliphatic carbocycles. The molecule has 0 aliphatic heterocycles. The maximum Gasteiger partial charge on any atom is 0.171 e. The minimum absolute atomic E-state index is 0.397. The zero-order valence-corrected chi connectivity index (χ0v) is 11.8. The molecule has 0 saturated carbocycles. The van der Waals surface area contributed by atoms with Crippen LogP contribution in [0.15, 0.2) is 12.1 Å². The number of aromatic amines is 1. The Morgan fingerprint density at radius 3 is 2.53 bits per heavy atom. The first kappa shape index (κ1) is 13.5. The average molecular weight is 282 g/mol. The van der Waals surface area contributed by atoms with Crippen LogP contribution in [-0.4, -0.2) is 24.4 Å². The Kier molecular flexibility index (Phi) is 3.85. The number of nitrogen functional groups attached to an aromatic ring is 1. The number of ether oxygens (including phenoxy) is 2. The second-order valence-corrected chi connectivity index (χ2v) is 4.40. The third kappa shape index (κ3) is 2.33. The van der Waals surface area contributed by atoms with E-state index < -0.39 is 0 Å². The van der Waals surface area contributed by atoms with Crippen molar-refractivity contribution >= 4 is 17.4 Å². The summed E-state index contributed by atoms with van der Waals surface area (Å²) in [5, 5.41) is 7.38. The molecule has 0 fully saturated rings. The summed E-state index contributed by atoms with van der Waals surface area (Å²) in [4.78, 5) is 0. The largest absolute Gasteiger partial charge is 0.493 e. The first-order valence-corrected chi connectivity index (χ1v) is 6.24. The highest BCUT2D eigenvalue weighted by Crippen LogP contribution is 2.44. The lowest BCUT2D eigenvalue weighted by atomic mass is 10.0. The van der Waals surface area contributed by atoms with Crippen LogP contribution in [0, 0.1) is 0 Å². The van der Waals surface area contributed by atoms with Crippen LogP contribution < -0.4 is 15.2 Å². The molecule has 0 unspecified atom stereocenters. The van der Waals surface area contributed by atoms with Gasteiger partial charge in [-0.15, -0.1) is 0 Å². The van der Waals surface area contributed by atoms with Crippen molar-refractivity contribution in [1.82, 2.24) is 10.2 Å². The highest BCUT2D eigenvalue weighted by molar-refractivity contribution is 6.34. The maximum atomic E-state index is 6.44. The Morgan fingerprint density at radius 1 is 1.32 bits per heavy atom. The molecular weight excluding hydrogens is 266 g/mol. The summed E-state index contributed by atoms with van der Waals surface area (Å²) in [5.41, 5.74) is 8.03. The number of anilines is 1. The van der Waals surface area contributed by atoms with Crippen LogP contribution in [0.25, 0.3) is 11.3 Å². The van der Waals surface area contributed by atoms with Gasteiger partial charge in [-0.1, -0.05) is 18.5 Å². The molecule has 2 aromatic rings. The van der Waals surface area contributed by atoms with Crippen LogP contribution >= 0.6 is 11.6 Å². The zero-order chi connectivity index (χ0) is 14.0. The van der Waals surface area contributed by atoms with Crippen molar-refractivity contribution in [3.05, 3.63) is 22.7 Å². The maximum absolute atomic E-state index is 6.44. The monoisotopic (exact) mass is 281 g/mol. The molecule has 1 aromatic carbocycles. The predicted octanol–water partition coefficient (Wildman–Crippen LogP) is 2.89. The third-order valence-corrected chi connectivity index (χ3v) is 3.36. The fourth-order valence-electron chi connectivity index (χ4n) is 1.99. The van der Waals surface area contributed by atoms with E-state index in [-0.39, 0.29) is 0 Å². The molecule has 19 heavy (non-hydrogen) atoms. The Morgan fingerprint density at radius 2 is 2.05 bits per heavy atom. The van der Waals surface area contributed by atoms with Crippen molar-refractivity contribution in [2.75, 3.05) is 20.0 Å². The van der Waals surface area contributed by atoms with Crippen LogP contribution in [0.1, 0.15) is 12.5 Å². The number of halogens is 1. The van der Waals surface area contributed by atoms with E-state index in [1.807, 2.05) is 13.0 Å². The minimum Gasteiger partial charge on any atom is -0.493 e. The van der Waals surface area contributed by atoms with Gasteiger partial charge in [-0.25, -0.2) is 0 Å². The molecule has 0 bridgehead atoms. The van der Waals surface area contributed by atoms with Gasteiger partial charge in [0.15, 0.2) is 11.5 Å². The SMILES string of the molecule is CCc1cc(OC)c(OC)c(-c2cc(N)n[nH]2)c1Cl. The highest BCUT2D eigenvalue weighted by atomic mass is 35.5. The minimum atomic E-state index is 0.397.